The Balaban J connectivity index is 0.00000220. The number of rotatable bonds is 4. The third kappa shape index (κ3) is 4.91. The first-order valence-electron chi connectivity index (χ1n) is 6.43. The molecule has 0 aliphatic carbocycles. The van der Waals surface area contributed by atoms with Gasteiger partial charge in [0.2, 0.25) is 0 Å². The standard InChI is InChI=1S/C14H17F3N2O.ClH/c1-2-12(19-9-7-18-8-10-19)11-5-3-4-6-13(11)20-14(15,16)17;/h2-6,12,18H,1,7-10H2;1H/t12-;/m0./s1. The van der Waals surface area contributed by atoms with Gasteiger partial charge in [0.25, 0.3) is 0 Å². The molecule has 3 nitrogen and oxygen atoms in total. The lowest BCUT2D eigenvalue weighted by atomic mass is 10.0. The lowest BCUT2D eigenvalue weighted by molar-refractivity contribution is -0.275. The van der Waals surface area contributed by atoms with Gasteiger partial charge in [0.05, 0.1) is 6.04 Å². The molecule has 0 saturated carbocycles. The van der Waals surface area contributed by atoms with E-state index in [9.17, 15) is 13.2 Å². The molecule has 1 fully saturated rings. The van der Waals surface area contributed by atoms with E-state index in [0.717, 1.165) is 26.2 Å². The van der Waals surface area contributed by atoms with Gasteiger partial charge in [-0.05, 0) is 6.07 Å². The van der Waals surface area contributed by atoms with Crippen molar-refractivity contribution < 1.29 is 17.9 Å². The molecule has 118 valence electrons. The molecule has 1 aliphatic heterocycles. The van der Waals surface area contributed by atoms with Crippen LogP contribution in [-0.2, 0) is 0 Å². The van der Waals surface area contributed by atoms with Gasteiger partial charge >= 0.3 is 6.36 Å². The van der Waals surface area contributed by atoms with Gasteiger partial charge in [0.1, 0.15) is 5.75 Å². The predicted octanol–water partition coefficient (Wildman–Crippen LogP) is 3.14. The minimum Gasteiger partial charge on any atom is -0.405 e. The van der Waals surface area contributed by atoms with Crippen molar-refractivity contribution in [1.82, 2.24) is 10.2 Å². The Morgan fingerprint density at radius 3 is 2.43 bits per heavy atom. The number of alkyl halides is 3. The Morgan fingerprint density at radius 2 is 1.86 bits per heavy atom. The van der Waals surface area contributed by atoms with Crippen LogP contribution in [0.4, 0.5) is 13.2 Å². The minimum atomic E-state index is -4.69. The van der Waals surface area contributed by atoms with E-state index in [1.165, 1.54) is 12.1 Å². The first-order chi connectivity index (χ1) is 9.51. The van der Waals surface area contributed by atoms with Crippen molar-refractivity contribution in [3.63, 3.8) is 0 Å². The summed E-state index contributed by atoms with van der Waals surface area (Å²) in [7, 11) is 0. The second-order valence-electron chi connectivity index (χ2n) is 4.55. The maximum absolute atomic E-state index is 12.5. The van der Waals surface area contributed by atoms with Gasteiger partial charge in [-0.2, -0.15) is 0 Å². The zero-order valence-electron chi connectivity index (χ0n) is 11.4. The summed E-state index contributed by atoms with van der Waals surface area (Å²) < 4.78 is 41.5. The number of hydrogen-bond donors (Lipinski definition) is 1. The molecule has 1 aromatic rings. The molecule has 1 N–H and O–H groups in total. The van der Waals surface area contributed by atoms with Crippen LogP contribution in [-0.4, -0.2) is 37.4 Å². The van der Waals surface area contributed by atoms with Crippen molar-refractivity contribution >= 4 is 12.4 Å². The molecule has 0 unspecified atom stereocenters. The lowest BCUT2D eigenvalue weighted by Crippen LogP contribution is -2.44. The van der Waals surface area contributed by atoms with Crippen LogP contribution in [0, 0.1) is 0 Å². The largest absolute Gasteiger partial charge is 0.573 e. The maximum Gasteiger partial charge on any atom is 0.573 e. The summed E-state index contributed by atoms with van der Waals surface area (Å²) in [6.07, 6.45) is -3.03. The molecule has 0 bridgehead atoms. The second-order valence-corrected chi connectivity index (χ2v) is 4.55. The number of piperazine rings is 1. The fraction of sp³-hybridized carbons (Fsp3) is 0.429. The zero-order chi connectivity index (χ0) is 14.6. The summed E-state index contributed by atoms with van der Waals surface area (Å²) in [5, 5.41) is 3.21. The van der Waals surface area contributed by atoms with Gasteiger partial charge in [-0.15, -0.1) is 32.2 Å². The minimum absolute atomic E-state index is 0. The van der Waals surface area contributed by atoms with Crippen LogP contribution in [0.2, 0.25) is 0 Å². The van der Waals surface area contributed by atoms with E-state index in [1.807, 2.05) is 0 Å². The smallest absolute Gasteiger partial charge is 0.405 e. The molecule has 1 heterocycles. The van der Waals surface area contributed by atoms with Crippen LogP contribution in [0.25, 0.3) is 0 Å². The summed E-state index contributed by atoms with van der Waals surface area (Å²) in [6, 6.07) is 5.94. The molecular formula is C14H18ClF3N2O. The highest BCUT2D eigenvalue weighted by molar-refractivity contribution is 5.85. The van der Waals surface area contributed by atoms with Crippen LogP contribution < -0.4 is 10.1 Å². The van der Waals surface area contributed by atoms with Crippen molar-refractivity contribution in [2.45, 2.75) is 12.4 Å². The van der Waals surface area contributed by atoms with E-state index in [-0.39, 0.29) is 24.2 Å². The summed E-state index contributed by atoms with van der Waals surface area (Å²) in [6.45, 7) is 6.90. The Labute approximate surface area is 128 Å². The second kappa shape index (κ2) is 7.68. The van der Waals surface area contributed by atoms with Crippen molar-refractivity contribution in [2.75, 3.05) is 26.2 Å². The Kier molecular flexibility index (Phi) is 6.51. The van der Waals surface area contributed by atoms with E-state index >= 15 is 0 Å². The Morgan fingerprint density at radius 1 is 1.24 bits per heavy atom. The van der Waals surface area contributed by atoms with Crippen molar-refractivity contribution in [3.05, 3.63) is 42.5 Å². The summed E-state index contributed by atoms with van der Waals surface area (Å²) in [5.41, 5.74) is 0.488. The molecular weight excluding hydrogens is 305 g/mol. The molecule has 0 aromatic heterocycles. The fourth-order valence-electron chi connectivity index (χ4n) is 2.38. The fourth-order valence-corrected chi connectivity index (χ4v) is 2.38. The van der Waals surface area contributed by atoms with Gasteiger partial charge in [0.15, 0.2) is 0 Å². The first kappa shape index (κ1) is 17.8. The third-order valence-electron chi connectivity index (χ3n) is 3.23. The van der Waals surface area contributed by atoms with Crippen molar-refractivity contribution in [1.29, 1.82) is 0 Å². The molecule has 1 aromatic carbocycles. The van der Waals surface area contributed by atoms with Gasteiger partial charge in [0, 0.05) is 31.7 Å². The number of ether oxygens (including phenoxy) is 1. The van der Waals surface area contributed by atoms with E-state index in [2.05, 4.69) is 21.5 Å². The topological polar surface area (TPSA) is 24.5 Å². The van der Waals surface area contributed by atoms with Crippen LogP contribution in [0.15, 0.2) is 36.9 Å². The number of halogens is 4. The van der Waals surface area contributed by atoms with Gasteiger partial charge < -0.3 is 10.1 Å². The first-order valence-corrected chi connectivity index (χ1v) is 6.43. The van der Waals surface area contributed by atoms with Crippen molar-refractivity contribution in [3.8, 4) is 5.75 Å². The highest BCUT2D eigenvalue weighted by Gasteiger charge is 2.33. The monoisotopic (exact) mass is 322 g/mol. The lowest BCUT2D eigenvalue weighted by Gasteiger charge is -2.34. The highest BCUT2D eigenvalue weighted by atomic mass is 35.5. The predicted molar refractivity (Wildman–Crippen MR) is 77.8 cm³/mol. The van der Waals surface area contributed by atoms with Crippen LogP contribution in [0.5, 0.6) is 5.75 Å². The molecule has 0 amide bonds. The van der Waals surface area contributed by atoms with E-state index in [0.29, 0.717) is 5.56 Å². The molecule has 21 heavy (non-hydrogen) atoms. The Hall–Kier alpha value is -1.24. The van der Waals surface area contributed by atoms with E-state index in [1.54, 1.807) is 18.2 Å². The molecule has 1 atom stereocenters. The molecule has 1 aliphatic rings. The number of nitrogens with one attached hydrogen (secondary N) is 1. The summed E-state index contributed by atoms with van der Waals surface area (Å²) in [5.74, 6) is -0.163. The van der Waals surface area contributed by atoms with E-state index < -0.39 is 6.36 Å². The molecule has 2 rings (SSSR count). The summed E-state index contributed by atoms with van der Waals surface area (Å²) >= 11 is 0. The van der Waals surface area contributed by atoms with Gasteiger partial charge in [-0.1, -0.05) is 24.3 Å². The molecule has 1 saturated heterocycles. The molecule has 7 heteroatoms. The number of nitrogens with zero attached hydrogens (tertiary/aromatic N) is 1. The van der Waals surface area contributed by atoms with Gasteiger partial charge in [-0.3, -0.25) is 4.90 Å². The third-order valence-corrected chi connectivity index (χ3v) is 3.23. The SMILES string of the molecule is C=C[C@@H](c1ccccc1OC(F)(F)F)N1CCNCC1.Cl. The van der Waals surface area contributed by atoms with Crippen LogP contribution in [0.1, 0.15) is 11.6 Å². The highest BCUT2D eigenvalue weighted by Crippen LogP contribution is 2.33. The normalized spacial score (nSPS) is 17.7. The number of hydrogen-bond acceptors (Lipinski definition) is 3. The molecule has 0 radical (unpaired) electrons. The average molecular weight is 323 g/mol. The Bertz CT molecular complexity index is 462. The summed E-state index contributed by atoms with van der Waals surface area (Å²) in [4.78, 5) is 2.09. The number of para-hydroxylation sites is 1. The number of benzene rings is 1. The van der Waals surface area contributed by atoms with Gasteiger partial charge in [-0.25, -0.2) is 0 Å². The van der Waals surface area contributed by atoms with Crippen molar-refractivity contribution in [2.24, 2.45) is 0 Å². The quantitative estimate of drug-likeness (QED) is 0.862. The van der Waals surface area contributed by atoms with E-state index in [4.69, 9.17) is 0 Å². The molecule has 0 spiro atoms. The van der Waals surface area contributed by atoms with Crippen LogP contribution >= 0.6 is 12.4 Å². The maximum atomic E-state index is 12.5. The average Bonchev–Trinajstić information content (AvgIpc) is 2.41. The zero-order valence-corrected chi connectivity index (χ0v) is 12.2. The van der Waals surface area contributed by atoms with Crippen LogP contribution in [0.3, 0.4) is 0 Å².